The molecule has 4 nitrogen and oxygen atoms in total. The van der Waals surface area contributed by atoms with Crippen molar-refractivity contribution in [3.05, 3.63) is 67.7 Å². The standard InChI is InChI=1S/C15H15BrN2O2/c1-10-6-7-13(11(2)8-10)17-9-12-4-3-5-14(15(12)16)18(19)20/h3-8,17H,9H2,1-2H3. The Morgan fingerprint density at radius 3 is 2.65 bits per heavy atom. The van der Waals surface area contributed by atoms with E-state index in [-0.39, 0.29) is 10.6 Å². The molecule has 0 aliphatic rings. The summed E-state index contributed by atoms with van der Waals surface area (Å²) in [5, 5.41) is 14.2. The van der Waals surface area contributed by atoms with E-state index in [0.29, 0.717) is 11.0 Å². The van der Waals surface area contributed by atoms with Crippen LogP contribution in [-0.4, -0.2) is 4.92 Å². The first kappa shape index (κ1) is 14.5. The Labute approximate surface area is 126 Å². The predicted molar refractivity (Wildman–Crippen MR) is 84.0 cm³/mol. The van der Waals surface area contributed by atoms with Crippen LogP contribution in [0.4, 0.5) is 11.4 Å². The van der Waals surface area contributed by atoms with Gasteiger partial charge in [0, 0.05) is 18.3 Å². The molecule has 0 aromatic heterocycles. The molecule has 0 saturated heterocycles. The summed E-state index contributed by atoms with van der Waals surface area (Å²) < 4.78 is 0.530. The summed E-state index contributed by atoms with van der Waals surface area (Å²) in [6, 6.07) is 11.2. The van der Waals surface area contributed by atoms with Crippen molar-refractivity contribution < 1.29 is 4.92 Å². The van der Waals surface area contributed by atoms with E-state index in [9.17, 15) is 10.1 Å². The molecule has 0 amide bonds. The van der Waals surface area contributed by atoms with Crippen molar-refractivity contribution in [3.63, 3.8) is 0 Å². The number of hydrogen-bond donors (Lipinski definition) is 1. The fourth-order valence-corrected chi connectivity index (χ4v) is 2.60. The molecule has 0 heterocycles. The Balaban J connectivity index is 2.19. The van der Waals surface area contributed by atoms with Crippen molar-refractivity contribution >= 4 is 27.3 Å². The lowest BCUT2D eigenvalue weighted by Crippen LogP contribution is -2.03. The summed E-state index contributed by atoms with van der Waals surface area (Å²) >= 11 is 3.30. The molecule has 5 heteroatoms. The zero-order valence-electron chi connectivity index (χ0n) is 11.3. The average Bonchev–Trinajstić information content (AvgIpc) is 2.39. The van der Waals surface area contributed by atoms with E-state index in [4.69, 9.17) is 0 Å². The van der Waals surface area contributed by atoms with Gasteiger partial charge in [0.25, 0.3) is 5.69 Å². The normalized spacial score (nSPS) is 10.3. The van der Waals surface area contributed by atoms with Gasteiger partial charge in [0.1, 0.15) is 4.47 Å². The summed E-state index contributed by atoms with van der Waals surface area (Å²) in [5.74, 6) is 0. The number of nitrogens with zero attached hydrogens (tertiary/aromatic N) is 1. The minimum absolute atomic E-state index is 0.0879. The Morgan fingerprint density at radius 1 is 1.25 bits per heavy atom. The van der Waals surface area contributed by atoms with E-state index in [0.717, 1.165) is 16.8 Å². The van der Waals surface area contributed by atoms with Gasteiger partial charge in [-0.3, -0.25) is 10.1 Å². The first-order chi connectivity index (χ1) is 9.49. The Kier molecular flexibility index (Phi) is 4.39. The Bertz CT molecular complexity index is 656. The second-order valence-corrected chi connectivity index (χ2v) is 5.47. The topological polar surface area (TPSA) is 55.2 Å². The Morgan fingerprint density at radius 2 is 2.00 bits per heavy atom. The maximum Gasteiger partial charge on any atom is 0.283 e. The monoisotopic (exact) mass is 334 g/mol. The van der Waals surface area contributed by atoms with Crippen LogP contribution < -0.4 is 5.32 Å². The van der Waals surface area contributed by atoms with Crippen LogP contribution in [0, 0.1) is 24.0 Å². The molecule has 0 aliphatic carbocycles. The van der Waals surface area contributed by atoms with Crippen LogP contribution in [0.1, 0.15) is 16.7 Å². The van der Waals surface area contributed by atoms with Crippen LogP contribution in [0.15, 0.2) is 40.9 Å². The van der Waals surface area contributed by atoms with E-state index in [1.165, 1.54) is 11.6 Å². The molecule has 0 aliphatic heterocycles. The maximum atomic E-state index is 10.9. The van der Waals surface area contributed by atoms with Crippen molar-refractivity contribution in [3.8, 4) is 0 Å². The first-order valence-corrected chi connectivity index (χ1v) is 7.01. The highest BCUT2D eigenvalue weighted by Crippen LogP contribution is 2.29. The van der Waals surface area contributed by atoms with Gasteiger partial charge in [0.2, 0.25) is 0 Å². The number of nitro groups is 1. The molecule has 0 fully saturated rings. The highest BCUT2D eigenvalue weighted by Gasteiger charge is 2.14. The molecular weight excluding hydrogens is 320 g/mol. The lowest BCUT2D eigenvalue weighted by molar-refractivity contribution is -0.385. The molecule has 2 rings (SSSR count). The molecule has 2 aromatic carbocycles. The predicted octanol–water partition coefficient (Wildman–Crippen LogP) is 4.59. The lowest BCUT2D eigenvalue weighted by Gasteiger charge is -2.11. The number of hydrogen-bond acceptors (Lipinski definition) is 3. The first-order valence-electron chi connectivity index (χ1n) is 6.22. The van der Waals surface area contributed by atoms with Crippen LogP contribution >= 0.6 is 15.9 Å². The number of benzene rings is 2. The fraction of sp³-hybridized carbons (Fsp3) is 0.200. The number of halogens is 1. The lowest BCUT2D eigenvalue weighted by atomic mass is 10.1. The molecule has 20 heavy (non-hydrogen) atoms. The molecule has 0 spiro atoms. The van der Waals surface area contributed by atoms with Crippen molar-refractivity contribution in [1.82, 2.24) is 0 Å². The summed E-state index contributed by atoms with van der Waals surface area (Å²) in [7, 11) is 0. The smallest absolute Gasteiger partial charge is 0.283 e. The van der Waals surface area contributed by atoms with Gasteiger partial charge in [0.05, 0.1) is 4.92 Å². The van der Waals surface area contributed by atoms with Gasteiger partial charge in [-0.25, -0.2) is 0 Å². The van der Waals surface area contributed by atoms with Crippen molar-refractivity contribution in [2.75, 3.05) is 5.32 Å². The van der Waals surface area contributed by atoms with Gasteiger partial charge in [-0.15, -0.1) is 0 Å². The third kappa shape index (κ3) is 3.17. The molecule has 0 radical (unpaired) electrons. The molecule has 0 bridgehead atoms. The third-order valence-electron chi connectivity index (χ3n) is 3.11. The minimum atomic E-state index is -0.384. The second-order valence-electron chi connectivity index (χ2n) is 4.68. The fourth-order valence-electron chi connectivity index (χ4n) is 2.05. The molecule has 0 atom stereocenters. The summed E-state index contributed by atoms with van der Waals surface area (Å²) in [6.07, 6.45) is 0. The van der Waals surface area contributed by atoms with Gasteiger partial charge < -0.3 is 5.32 Å². The van der Waals surface area contributed by atoms with Crippen molar-refractivity contribution in [2.45, 2.75) is 20.4 Å². The summed E-state index contributed by atoms with van der Waals surface area (Å²) in [4.78, 5) is 10.5. The minimum Gasteiger partial charge on any atom is -0.381 e. The highest BCUT2D eigenvalue weighted by atomic mass is 79.9. The zero-order chi connectivity index (χ0) is 14.7. The Hall–Kier alpha value is -1.88. The number of nitrogens with one attached hydrogen (secondary N) is 1. The van der Waals surface area contributed by atoms with Crippen LogP contribution in [0.3, 0.4) is 0 Å². The summed E-state index contributed by atoms with van der Waals surface area (Å²) in [5.41, 5.74) is 4.36. The number of aryl methyl sites for hydroxylation is 2. The average molecular weight is 335 g/mol. The van der Waals surface area contributed by atoms with E-state index in [1.54, 1.807) is 6.07 Å². The van der Waals surface area contributed by atoms with E-state index in [1.807, 2.05) is 32.0 Å². The molecule has 2 aromatic rings. The van der Waals surface area contributed by atoms with E-state index < -0.39 is 0 Å². The SMILES string of the molecule is Cc1ccc(NCc2cccc([N+](=O)[O-])c2Br)c(C)c1. The molecular formula is C15H15BrN2O2. The molecule has 1 N–H and O–H groups in total. The molecule has 0 unspecified atom stereocenters. The van der Waals surface area contributed by atoms with Crippen LogP contribution in [-0.2, 0) is 6.54 Å². The van der Waals surface area contributed by atoms with Crippen molar-refractivity contribution in [1.29, 1.82) is 0 Å². The highest BCUT2D eigenvalue weighted by molar-refractivity contribution is 9.10. The quantitative estimate of drug-likeness (QED) is 0.657. The molecule has 0 saturated carbocycles. The van der Waals surface area contributed by atoms with E-state index in [2.05, 4.69) is 27.3 Å². The largest absolute Gasteiger partial charge is 0.381 e. The maximum absolute atomic E-state index is 10.9. The number of anilines is 1. The number of nitro benzene ring substituents is 1. The van der Waals surface area contributed by atoms with Gasteiger partial charge in [-0.1, -0.05) is 29.8 Å². The van der Waals surface area contributed by atoms with Gasteiger partial charge in [-0.2, -0.15) is 0 Å². The third-order valence-corrected chi connectivity index (χ3v) is 4.02. The van der Waals surface area contributed by atoms with Crippen LogP contribution in [0.5, 0.6) is 0 Å². The number of rotatable bonds is 4. The van der Waals surface area contributed by atoms with Crippen LogP contribution in [0.25, 0.3) is 0 Å². The zero-order valence-corrected chi connectivity index (χ0v) is 12.9. The molecule has 104 valence electrons. The second kappa shape index (κ2) is 6.05. The van der Waals surface area contributed by atoms with Gasteiger partial charge in [-0.05, 0) is 47.0 Å². The summed E-state index contributed by atoms with van der Waals surface area (Å²) in [6.45, 7) is 4.62. The van der Waals surface area contributed by atoms with Gasteiger partial charge >= 0.3 is 0 Å². The van der Waals surface area contributed by atoms with Crippen molar-refractivity contribution in [2.24, 2.45) is 0 Å². The van der Waals surface area contributed by atoms with E-state index >= 15 is 0 Å². The van der Waals surface area contributed by atoms with Gasteiger partial charge in [0.15, 0.2) is 0 Å². The van der Waals surface area contributed by atoms with Crippen LogP contribution in [0.2, 0.25) is 0 Å².